The van der Waals surface area contributed by atoms with Gasteiger partial charge in [-0.25, -0.2) is 18.4 Å². The normalized spacial score (nSPS) is 16.6. The number of alkyl halides is 6. The van der Waals surface area contributed by atoms with Crippen LogP contribution in [0, 0.1) is 18.6 Å². The van der Waals surface area contributed by atoms with Crippen LogP contribution in [0.15, 0.2) is 60.7 Å². The number of hydrogen-bond donors (Lipinski definition) is 1. The Kier molecular flexibility index (Phi) is 7.71. The number of piperidine rings is 1. The lowest BCUT2D eigenvalue weighted by molar-refractivity contribution is -0.141. The number of rotatable bonds is 4. The van der Waals surface area contributed by atoms with Crippen LogP contribution < -0.4 is 10.2 Å². The van der Waals surface area contributed by atoms with E-state index in [0.717, 1.165) is 16.8 Å². The number of hydrogen-bond acceptors (Lipinski definition) is 5. The molecule has 1 spiro atoms. The number of carbonyl (C=O) groups excluding carboxylic acids is 2. The van der Waals surface area contributed by atoms with Crippen molar-refractivity contribution in [3.05, 3.63) is 94.9 Å². The van der Waals surface area contributed by atoms with E-state index in [1.165, 1.54) is 30.0 Å². The van der Waals surface area contributed by atoms with E-state index < -0.39 is 46.7 Å². The molecule has 6 rings (SSSR count). The van der Waals surface area contributed by atoms with Gasteiger partial charge in [0.25, 0.3) is 5.91 Å². The molecule has 8 nitrogen and oxygen atoms in total. The van der Waals surface area contributed by atoms with Crippen molar-refractivity contribution in [3.63, 3.8) is 0 Å². The Bertz CT molecular complexity index is 1860. The highest BCUT2D eigenvalue weighted by Crippen LogP contribution is 2.38. The van der Waals surface area contributed by atoms with Crippen LogP contribution >= 0.6 is 0 Å². The summed E-state index contributed by atoms with van der Waals surface area (Å²) in [5, 5.41) is 7.05. The third kappa shape index (κ3) is 5.76. The third-order valence-electron chi connectivity index (χ3n) is 8.44. The highest BCUT2D eigenvalue weighted by atomic mass is 19.4. The van der Waals surface area contributed by atoms with Crippen LogP contribution in [0.2, 0.25) is 0 Å². The van der Waals surface area contributed by atoms with Gasteiger partial charge in [0.2, 0.25) is 5.91 Å². The maximum atomic E-state index is 14.6. The van der Waals surface area contributed by atoms with Crippen molar-refractivity contribution >= 4 is 17.5 Å². The molecule has 0 bridgehead atoms. The fourth-order valence-corrected chi connectivity index (χ4v) is 6.02. The van der Waals surface area contributed by atoms with Crippen LogP contribution in [0.25, 0.3) is 16.9 Å². The zero-order valence-electron chi connectivity index (χ0n) is 24.4. The SMILES string of the molecule is Cc1nc(C(F)(F)F)ccc1-c1cc(C(=O)N2CCC3(CC2)C(=O)NCN3c2ccc(F)cc2)nn1-c1ccc(C(F)(F)F)c(F)c1. The summed E-state index contributed by atoms with van der Waals surface area (Å²) in [6.07, 6.45) is -9.35. The molecule has 2 aromatic carbocycles. The molecule has 4 aromatic rings. The average Bonchev–Trinajstić information content (AvgIpc) is 3.58. The van der Waals surface area contributed by atoms with Gasteiger partial charge in [-0.05, 0) is 74.4 Å². The number of nitrogens with zero attached hydrogens (tertiary/aromatic N) is 5. The molecule has 2 saturated heterocycles. The van der Waals surface area contributed by atoms with Gasteiger partial charge < -0.3 is 15.1 Å². The Hall–Kier alpha value is -5.02. The number of aromatic nitrogens is 3. The fraction of sp³-hybridized carbons (Fsp3) is 0.290. The van der Waals surface area contributed by atoms with Gasteiger partial charge in [0.1, 0.15) is 22.9 Å². The maximum Gasteiger partial charge on any atom is 0.433 e. The summed E-state index contributed by atoms with van der Waals surface area (Å²) in [6.45, 7) is 1.63. The molecule has 4 heterocycles. The van der Waals surface area contributed by atoms with Crippen molar-refractivity contribution in [1.82, 2.24) is 25.0 Å². The lowest BCUT2D eigenvalue weighted by atomic mass is 9.85. The first kappa shape index (κ1) is 31.9. The van der Waals surface area contributed by atoms with E-state index in [4.69, 9.17) is 0 Å². The predicted molar refractivity (Wildman–Crippen MR) is 151 cm³/mol. The van der Waals surface area contributed by atoms with Gasteiger partial charge in [-0.2, -0.15) is 31.4 Å². The number of nitrogens with one attached hydrogen (secondary N) is 1. The van der Waals surface area contributed by atoms with Gasteiger partial charge in [0, 0.05) is 36.1 Å². The van der Waals surface area contributed by atoms with Gasteiger partial charge >= 0.3 is 12.4 Å². The molecule has 0 radical (unpaired) electrons. The summed E-state index contributed by atoms with van der Waals surface area (Å²) < 4.78 is 109. The minimum absolute atomic E-state index is 0.0163. The summed E-state index contributed by atoms with van der Waals surface area (Å²) >= 11 is 0. The van der Waals surface area contributed by atoms with E-state index in [-0.39, 0.29) is 66.8 Å². The quantitative estimate of drug-likeness (QED) is 0.266. The number of amides is 2. The lowest BCUT2D eigenvalue weighted by Gasteiger charge is -2.43. The number of likely N-dealkylation sites (tertiary alicyclic amines) is 1. The summed E-state index contributed by atoms with van der Waals surface area (Å²) in [5.74, 6) is -2.94. The summed E-state index contributed by atoms with van der Waals surface area (Å²) in [6, 6.07) is 10.7. The first-order chi connectivity index (χ1) is 22.1. The van der Waals surface area contributed by atoms with Crippen LogP contribution in [0.3, 0.4) is 0 Å². The van der Waals surface area contributed by atoms with E-state index in [9.17, 15) is 44.7 Å². The third-order valence-corrected chi connectivity index (χ3v) is 8.44. The largest absolute Gasteiger partial charge is 0.433 e. The van der Waals surface area contributed by atoms with E-state index in [2.05, 4.69) is 15.4 Å². The van der Waals surface area contributed by atoms with E-state index in [1.54, 1.807) is 12.1 Å². The summed E-state index contributed by atoms with van der Waals surface area (Å²) in [5.41, 5.74) is -3.64. The van der Waals surface area contributed by atoms with E-state index in [1.807, 2.05) is 4.90 Å². The number of pyridine rings is 1. The number of halogens is 8. The van der Waals surface area contributed by atoms with Crippen molar-refractivity contribution < 1.29 is 44.7 Å². The number of carbonyl (C=O) groups is 2. The Morgan fingerprint density at radius 3 is 2.13 bits per heavy atom. The summed E-state index contributed by atoms with van der Waals surface area (Å²) in [4.78, 5) is 33.6. The monoisotopic (exact) mass is 664 g/mol. The van der Waals surface area contributed by atoms with Crippen LogP contribution in [0.1, 0.15) is 40.3 Å². The van der Waals surface area contributed by atoms with Gasteiger partial charge in [-0.3, -0.25) is 9.59 Å². The van der Waals surface area contributed by atoms with Crippen molar-refractivity contribution in [2.45, 2.75) is 37.7 Å². The van der Waals surface area contributed by atoms with Crippen LogP contribution in [0.5, 0.6) is 0 Å². The highest BCUT2D eigenvalue weighted by molar-refractivity contribution is 5.96. The van der Waals surface area contributed by atoms with Crippen molar-refractivity contribution in [3.8, 4) is 16.9 Å². The maximum absolute atomic E-state index is 14.6. The molecule has 47 heavy (non-hydrogen) atoms. The van der Waals surface area contributed by atoms with Gasteiger partial charge in [0.05, 0.1) is 23.6 Å². The highest BCUT2D eigenvalue weighted by Gasteiger charge is 2.51. The van der Waals surface area contributed by atoms with E-state index >= 15 is 0 Å². The Morgan fingerprint density at radius 2 is 1.53 bits per heavy atom. The van der Waals surface area contributed by atoms with E-state index in [0.29, 0.717) is 23.9 Å². The standard InChI is InChI=1S/C31H24F8N6O2/c1-17-21(7-9-26(41-17)31(37,38)39)25-15-24(42-45(25)20-6-8-22(23(33)14-20)30(34,35)36)27(46)43-12-10-29(11-13-43)28(47)40-16-44(29)19-4-2-18(32)3-5-19/h2-9,14-15H,10-13,16H2,1H3,(H,40,47). The van der Waals surface area contributed by atoms with Crippen molar-refractivity contribution in [2.24, 2.45) is 0 Å². The molecule has 0 aliphatic carbocycles. The van der Waals surface area contributed by atoms with Crippen LogP contribution in [-0.2, 0) is 17.1 Å². The Balaban J connectivity index is 1.34. The topological polar surface area (TPSA) is 83.4 Å². The van der Waals surface area contributed by atoms with Gasteiger partial charge in [-0.15, -0.1) is 0 Å². The molecule has 1 N–H and O–H groups in total. The Morgan fingerprint density at radius 1 is 0.872 bits per heavy atom. The molecule has 2 aliphatic rings. The molecule has 2 aliphatic heterocycles. The predicted octanol–water partition coefficient (Wildman–Crippen LogP) is 6.13. The second-order valence-electron chi connectivity index (χ2n) is 11.2. The molecule has 2 amide bonds. The minimum atomic E-state index is -4.99. The van der Waals surface area contributed by atoms with Crippen LogP contribution in [-0.4, -0.2) is 56.8 Å². The smallest absolute Gasteiger partial charge is 0.339 e. The first-order valence-electron chi connectivity index (χ1n) is 14.2. The molecular weight excluding hydrogens is 640 g/mol. The molecule has 0 saturated carbocycles. The fourth-order valence-electron chi connectivity index (χ4n) is 6.02. The van der Waals surface area contributed by atoms with Gasteiger partial charge in [-0.1, -0.05) is 0 Å². The van der Waals surface area contributed by atoms with Gasteiger partial charge in [0.15, 0.2) is 5.69 Å². The molecule has 0 atom stereocenters. The average molecular weight is 665 g/mol. The zero-order valence-corrected chi connectivity index (χ0v) is 24.4. The second-order valence-corrected chi connectivity index (χ2v) is 11.2. The number of benzene rings is 2. The minimum Gasteiger partial charge on any atom is -0.339 e. The molecule has 16 heteroatoms. The first-order valence-corrected chi connectivity index (χ1v) is 14.2. The molecule has 0 unspecified atom stereocenters. The number of aryl methyl sites for hydroxylation is 1. The molecule has 2 fully saturated rings. The second kappa shape index (κ2) is 11.3. The summed E-state index contributed by atoms with van der Waals surface area (Å²) in [7, 11) is 0. The van der Waals surface area contributed by atoms with Crippen LogP contribution in [0.4, 0.5) is 40.8 Å². The molecule has 246 valence electrons. The number of anilines is 1. The molecular formula is C31H24F8N6O2. The van der Waals surface area contributed by atoms with Crippen molar-refractivity contribution in [1.29, 1.82) is 0 Å². The Labute approximate surface area is 261 Å². The molecule has 2 aromatic heterocycles. The lowest BCUT2D eigenvalue weighted by Crippen LogP contribution is -2.57. The zero-order chi connectivity index (χ0) is 33.9. The van der Waals surface area contributed by atoms with Crippen molar-refractivity contribution in [2.75, 3.05) is 24.7 Å².